The van der Waals surface area contributed by atoms with Crippen molar-refractivity contribution in [1.82, 2.24) is 0 Å². The number of rotatable bonds is 6. The third-order valence-electron chi connectivity index (χ3n) is 9.56. The van der Waals surface area contributed by atoms with Crippen LogP contribution in [0.5, 0.6) is 0 Å². The number of hydrogen-bond acceptors (Lipinski definition) is 0. The monoisotopic (exact) mass is 662 g/mol. The predicted molar refractivity (Wildman–Crippen MR) is 225 cm³/mol. The van der Waals surface area contributed by atoms with Gasteiger partial charge >= 0.3 is 0 Å². The third kappa shape index (κ3) is 7.10. The van der Waals surface area contributed by atoms with Crippen molar-refractivity contribution in [2.24, 2.45) is 0 Å². The van der Waals surface area contributed by atoms with Gasteiger partial charge in [0.05, 0.1) is 0 Å². The molecule has 9 aromatic carbocycles. The molecule has 0 unspecified atom stereocenters. The summed E-state index contributed by atoms with van der Waals surface area (Å²) < 4.78 is 0. The van der Waals surface area contributed by atoms with Crippen LogP contribution in [0.1, 0.15) is 11.1 Å². The summed E-state index contributed by atoms with van der Waals surface area (Å²) in [6.07, 6.45) is 4.32. The van der Waals surface area contributed by atoms with Gasteiger partial charge in [-0.05, 0) is 77.2 Å². The van der Waals surface area contributed by atoms with Crippen LogP contribution in [-0.4, -0.2) is 0 Å². The van der Waals surface area contributed by atoms with E-state index in [-0.39, 0.29) is 0 Å². The average molecular weight is 663 g/mol. The lowest BCUT2D eigenvalue weighted by atomic mass is 9.86. The van der Waals surface area contributed by atoms with Crippen molar-refractivity contribution in [3.05, 3.63) is 230 Å². The van der Waals surface area contributed by atoms with Crippen LogP contribution in [0.25, 0.3) is 78.2 Å². The minimum Gasteiger partial charge on any atom is -0.0622 e. The molecule has 0 nitrogen and oxygen atoms in total. The fourth-order valence-electron chi connectivity index (χ4n) is 6.99. The number of fused-ring (bicyclic) bond motifs is 2. The highest BCUT2D eigenvalue weighted by atomic mass is 14.2. The van der Waals surface area contributed by atoms with E-state index in [0.717, 1.165) is 0 Å². The normalized spacial score (nSPS) is 11.0. The van der Waals surface area contributed by atoms with Gasteiger partial charge in [-0.25, -0.2) is 0 Å². The smallest absolute Gasteiger partial charge is 0.00264 e. The molecule has 0 aliphatic heterocycles. The Morgan fingerprint density at radius 3 is 0.712 bits per heavy atom. The van der Waals surface area contributed by atoms with Crippen molar-refractivity contribution >= 4 is 33.7 Å². The van der Waals surface area contributed by atoms with Crippen molar-refractivity contribution in [2.75, 3.05) is 0 Å². The topological polar surface area (TPSA) is 0 Å². The average Bonchev–Trinajstić information content (AvgIpc) is 3.24. The first kappa shape index (κ1) is 32.4. The second-order valence-electron chi connectivity index (χ2n) is 12.9. The van der Waals surface area contributed by atoms with Gasteiger partial charge in [-0.1, -0.05) is 231 Å². The molecule has 0 aliphatic carbocycles. The Bertz CT molecular complexity index is 2310. The van der Waals surface area contributed by atoms with Gasteiger partial charge in [0.25, 0.3) is 0 Å². The Morgan fingerprint density at radius 1 is 0.192 bits per heavy atom. The van der Waals surface area contributed by atoms with Crippen LogP contribution in [0, 0.1) is 0 Å². The maximum absolute atomic E-state index is 2.25. The molecular weight excluding hydrogens is 625 g/mol. The lowest BCUT2D eigenvalue weighted by molar-refractivity contribution is 1.59. The number of hydrogen-bond donors (Lipinski definition) is 0. The van der Waals surface area contributed by atoms with Crippen LogP contribution in [0.4, 0.5) is 0 Å². The predicted octanol–water partition coefficient (Wildman–Crippen LogP) is 14.5. The highest BCUT2D eigenvalue weighted by Gasteiger charge is 2.15. The minimum absolute atomic E-state index is 1.21. The molecule has 0 aromatic heterocycles. The summed E-state index contributed by atoms with van der Waals surface area (Å²) in [6.45, 7) is 0. The summed E-state index contributed by atoms with van der Waals surface area (Å²) in [5.74, 6) is 0. The van der Waals surface area contributed by atoms with Gasteiger partial charge < -0.3 is 0 Å². The van der Waals surface area contributed by atoms with Gasteiger partial charge in [0.15, 0.2) is 0 Å². The second-order valence-corrected chi connectivity index (χ2v) is 12.9. The molecule has 0 bridgehead atoms. The first-order chi connectivity index (χ1) is 25.8. The van der Waals surface area contributed by atoms with Crippen molar-refractivity contribution in [3.63, 3.8) is 0 Å². The summed E-state index contributed by atoms with van der Waals surface area (Å²) >= 11 is 0. The Hall–Kier alpha value is -6.76. The van der Waals surface area contributed by atoms with E-state index < -0.39 is 0 Å². The largest absolute Gasteiger partial charge is 0.0622 e. The van der Waals surface area contributed by atoms with Gasteiger partial charge in [-0.3, -0.25) is 0 Å². The maximum atomic E-state index is 2.25. The zero-order valence-corrected chi connectivity index (χ0v) is 28.9. The molecule has 0 amide bonds. The Morgan fingerprint density at radius 2 is 0.423 bits per heavy atom. The Labute approximate surface area is 306 Å². The van der Waals surface area contributed by atoms with E-state index in [1.54, 1.807) is 0 Å². The van der Waals surface area contributed by atoms with Crippen LogP contribution in [0.15, 0.2) is 218 Å². The van der Waals surface area contributed by atoms with E-state index in [9.17, 15) is 0 Å². The first-order valence-electron chi connectivity index (χ1n) is 17.9. The van der Waals surface area contributed by atoms with Gasteiger partial charge in [0.1, 0.15) is 0 Å². The fraction of sp³-hybridized carbons (Fsp3) is 0. The summed E-state index contributed by atoms with van der Waals surface area (Å²) in [6, 6.07) is 77.2. The van der Waals surface area contributed by atoms with Crippen LogP contribution < -0.4 is 0 Å². The molecule has 0 saturated heterocycles. The van der Waals surface area contributed by atoms with E-state index in [1.807, 2.05) is 12.1 Å². The summed E-state index contributed by atoms with van der Waals surface area (Å²) in [7, 11) is 0. The molecule has 246 valence electrons. The SMILES string of the molecule is C(=Cc1ccc(-c2ccccc2)cc1)c1ccc(-c2ccccc2)cc1.c1ccc(-c2c3ccccc3c(-c3ccccc3)c3ccccc23)cc1. The van der Waals surface area contributed by atoms with Crippen LogP contribution in [-0.2, 0) is 0 Å². The molecule has 0 fully saturated rings. The van der Waals surface area contributed by atoms with Gasteiger partial charge in [-0.2, -0.15) is 0 Å². The van der Waals surface area contributed by atoms with Crippen molar-refractivity contribution < 1.29 is 0 Å². The number of benzene rings is 9. The highest BCUT2D eigenvalue weighted by molar-refractivity contribution is 6.21. The molecule has 0 radical (unpaired) electrons. The molecule has 0 heterocycles. The van der Waals surface area contributed by atoms with Crippen LogP contribution in [0.2, 0.25) is 0 Å². The van der Waals surface area contributed by atoms with E-state index in [0.29, 0.717) is 0 Å². The molecule has 9 rings (SSSR count). The summed E-state index contributed by atoms with van der Waals surface area (Å²) in [5.41, 5.74) is 12.6. The van der Waals surface area contributed by atoms with Crippen molar-refractivity contribution in [1.29, 1.82) is 0 Å². The van der Waals surface area contributed by atoms with Gasteiger partial charge in [-0.15, -0.1) is 0 Å². The third-order valence-corrected chi connectivity index (χ3v) is 9.56. The van der Waals surface area contributed by atoms with E-state index >= 15 is 0 Å². The zero-order chi connectivity index (χ0) is 35.0. The summed E-state index contributed by atoms with van der Waals surface area (Å²) in [4.78, 5) is 0. The molecule has 0 atom stereocenters. The molecule has 0 spiro atoms. The van der Waals surface area contributed by atoms with Crippen LogP contribution in [0.3, 0.4) is 0 Å². The van der Waals surface area contributed by atoms with Crippen molar-refractivity contribution in [2.45, 2.75) is 0 Å². The van der Waals surface area contributed by atoms with Gasteiger partial charge in [0, 0.05) is 0 Å². The first-order valence-corrected chi connectivity index (χ1v) is 17.9. The molecule has 0 N–H and O–H groups in total. The molecule has 0 heteroatoms. The molecule has 52 heavy (non-hydrogen) atoms. The molecule has 9 aromatic rings. The van der Waals surface area contributed by atoms with Crippen molar-refractivity contribution in [3.8, 4) is 44.5 Å². The van der Waals surface area contributed by atoms with E-state index in [1.165, 1.54) is 77.2 Å². The fourth-order valence-corrected chi connectivity index (χ4v) is 6.99. The standard InChI is InChI=1S/C26H18.C26H20/c1-3-11-19(12-4-1)25-21-15-7-9-17-23(21)26(20-13-5-2-6-14-20)24-18-10-8-16-22(24)25;1-3-7-23(8-4-1)25-17-13-21(14-18-25)11-12-22-15-19-26(20-16-22)24-9-5-2-6-10-24/h1-18H;1-20H. The van der Waals surface area contributed by atoms with Gasteiger partial charge in [0.2, 0.25) is 0 Å². The Balaban J connectivity index is 0.000000149. The van der Waals surface area contributed by atoms with Crippen LogP contribution >= 0.6 is 0 Å². The minimum atomic E-state index is 1.21. The summed E-state index contributed by atoms with van der Waals surface area (Å²) in [5, 5.41) is 5.21. The maximum Gasteiger partial charge on any atom is -0.00264 e. The molecular formula is C52H38. The lowest BCUT2D eigenvalue weighted by Gasteiger charge is -2.17. The van der Waals surface area contributed by atoms with E-state index in [4.69, 9.17) is 0 Å². The molecule has 0 saturated carbocycles. The quantitative estimate of drug-likeness (QED) is 0.123. The lowest BCUT2D eigenvalue weighted by Crippen LogP contribution is -1.90. The zero-order valence-electron chi connectivity index (χ0n) is 28.9. The second kappa shape index (κ2) is 15.4. The Kier molecular flexibility index (Phi) is 9.62. The van der Waals surface area contributed by atoms with E-state index in [2.05, 4.69) is 218 Å². The molecule has 0 aliphatic rings. The highest BCUT2D eigenvalue weighted by Crippen LogP contribution is 2.43.